The zero-order valence-corrected chi connectivity index (χ0v) is 4.15. The van der Waals surface area contributed by atoms with E-state index >= 15 is 0 Å². The number of hydrogen-bond acceptors (Lipinski definition) is 1. The second kappa shape index (κ2) is 0.971. The van der Waals surface area contributed by atoms with Gasteiger partial charge >= 0.3 is 0 Å². The topological polar surface area (TPSA) is 12.4 Å². The molecular formula is C6H7N. The molecule has 0 fully saturated rings. The van der Waals surface area contributed by atoms with E-state index in [1.807, 2.05) is 6.21 Å². The Morgan fingerprint density at radius 1 is 1.43 bits per heavy atom. The highest BCUT2D eigenvalue weighted by molar-refractivity contribution is 5.87. The summed E-state index contributed by atoms with van der Waals surface area (Å²) in [6.07, 6.45) is 5.86. The molecular weight excluding hydrogens is 86.1 g/mol. The van der Waals surface area contributed by atoms with Crippen LogP contribution < -0.4 is 0 Å². The van der Waals surface area contributed by atoms with Crippen molar-refractivity contribution in [2.45, 2.75) is 19.3 Å². The van der Waals surface area contributed by atoms with Crippen LogP contribution in [0.3, 0.4) is 0 Å². The second-order valence-corrected chi connectivity index (χ2v) is 2.08. The SMILES string of the molecule is C1=NC2=C1CCC2. The molecule has 1 heteroatoms. The lowest BCUT2D eigenvalue weighted by Crippen LogP contribution is -1.92. The van der Waals surface area contributed by atoms with Crippen molar-refractivity contribution in [3.63, 3.8) is 0 Å². The fourth-order valence-electron chi connectivity index (χ4n) is 1.13. The zero-order valence-electron chi connectivity index (χ0n) is 4.15. The van der Waals surface area contributed by atoms with Gasteiger partial charge in [0.2, 0.25) is 0 Å². The molecule has 0 spiro atoms. The first-order valence-corrected chi connectivity index (χ1v) is 2.73. The third-order valence-corrected chi connectivity index (χ3v) is 1.61. The maximum atomic E-state index is 4.09. The van der Waals surface area contributed by atoms with E-state index in [9.17, 15) is 0 Å². The van der Waals surface area contributed by atoms with Crippen LogP contribution in [0.4, 0.5) is 0 Å². The number of nitrogens with zero attached hydrogens (tertiary/aromatic N) is 1. The Bertz CT molecular complexity index is 138. The van der Waals surface area contributed by atoms with Crippen molar-refractivity contribution in [2.24, 2.45) is 4.99 Å². The van der Waals surface area contributed by atoms with E-state index in [0.717, 1.165) is 0 Å². The molecule has 0 aromatic carbocycles. The standard InChI is InChI=1S/C6H7N/c1-2-5-4-7-6(5)3-1/h4H,1-3H2. The van der Waals surface area contributed by atoms with Gasteiger partial charge in [-0.25, -0.2) is 0 Å². The Labute approximate surface area is 42.8 Å². The van der Waals surface area contributed by atoms with Crippen molar-refractivity contribution in [3.05, 3.63) is 11.3 Å². The highest BCUT2D eigenvalue weighted by Gasteiger charge is 2.16. The van der Waals surface area contributed by atoms with E-state index in [-0.39, 0.29) is 0 Å². The van der Waals surface area contributed by atoms with E-state index in [1.54, 1.807) is 0 Å². The van der Waals surface area contributed by atoms with Crippen LogP contribution in [-0.2, 0) is 0 Å². The number of hydrogen-bond donors (Lipinski definition) is 0. The summed E-state index contributed by atoms with van der Waals surface area (Å²) in [5.74, 6) is 0. The van der Waals surface area contributed by atoms with Crippen LogP contribution in [-0.4, -0.2) is 6.21 Å². The summed E-state index contributed by atoms with van der Waals surface area (Å²) < 4.78 is 0. The summed E-state index contributed by atoms with van der Waals surface area (Å²) in [6.45, 7) is 0. The van der Waals surface area contributed by atoms with E-state index in [4.69, 9.17) is 0 Å². The molecule has 0 unspecified atom stereocenters. The van der Waals surface area contributed by atoms with Crippen molar-refractivity contribution in [1.82, 2.24) is 0 Å². The summed E-state index contributed by atoms with van der Waals surface area (Å²) in [4.78, 5) is 4.09. The lowest BCUT2D eigenvalue weighted by molar-refractivity contribution is 0.905. The second-order valence-electron chi connectivity index (χ2n) is 2.08. The number of aliphatic imine (C=N–C) groups is 1. The molecule has 2 rings (SSSR count). The molecule has 7 heavy (non-hydrogen) atoms. The average Bonchev–Trinajstić information content (AvgIpc) is 1.85. The normalized spacial score (nSPS) is 25.1. The van der Waals surface area contributed by atoms with Gasteiger partial charge in [0.25, 0.3) is 0 Å². The van der Waals surface area contributed by atoms with Gasteiger partial charge in [0.1, 0.15) is 0 Å². The van der Waals surface area contributed by atoms with Gasteiger partial charge < -0.3 is 0 Å². The predicted molar refractivity (Wildman–Crippen MR) is 29.4 cm³/mol. The number of allylic oxidation sites excluding steroid dienone is 2. The Morgan fingerprint density at radius 3 is 2.71 bits per heavy atom. The highest BCUT2D eigenvalue weighted by atomic mass is 14.8. The van der Waals surface area contributed by atoms with Crippen LogP contribution in [0, 0.1) is 0 Å². The van der Waals surface area contributed by atoms with E-state index in [1.165, 1.54) is 30.5 Å². The van der Waals surface area contributed by atoms with Crippen molar-refractivity contribution in [2.75, 3.05) is 0 Å². The fraction of sp³-hybridized carbons (Fsp3) is 0.500. The van der Waals surface area contributed by atoms with Gasteiger partial charge in [-0.3, -0.25) is 4.99 Å². The maximum absolute atomic E-state index is 4.09. The quantitative estimate of drug-likeness (QED) is 0.430. The third kappa shape index (κ3) is 0.303. The van der Waals surface area contributed by atoms with E-state index in [2.05, 4.69) is 4.99 Å². The maximum Gasteiger partial charge on any atom is 0.0451 e. The molecule has 1 aliphatic heterocycles. The third-order valence-electron chi connectivity index (χ3n) is 1.61. The Balaban J connectivity index is 2.31. The fourth-order valence-corrected chi connectivity index (χ4v) is 1.13. The average molecular weight is 93.1 g/mol. The van der Waals surface area contributed by atoms with Gasteiger partial charge in [0, 0.05) is 11.9 Å². The minimum atomic E-state index is 1.24. The monoisotopic (exact) mass is 93.1 g/mol. The van der Waals surface area contributed by atoms with Gasteiger partial charge in [-0.2, -0.15) is 0 Å². The minimum Gasteiger partial charge on any atom is -0.261 e. The van der Waals surface area contributed by atoms with E-state index < -0.39 is 0 Å². The summed E-state index contributed by atoms with van der Waals surface area (Å²) in [6, 6.07) is 0. The lowest BCUT2D eigenvalue weighted by Gasteiger charge is -2.02. The molecule has 36 valence electrons. The minimum absolute atomic E-state index is 1.24. The predicted octanol–water partition coefficient (Wildman–Crippen LogP) is 1.51. The first-order valence-electron chi connectivity index (χ1n) is 2.73. The smallest absolute Gasteiger partial charge is 0.0451 e. The molecule has 0 N–H and O–H groups in total. The Kier molecular flexibility index (Phi) is 0.474. The molecule has 0 saturated carbocycles. The largest absolute Gasteiger partial charge is 0.261 e. The molecule has 0 bridgehead atoms. The first kappa shape index (κ1) is 3.42. The molecule has 1 heterocycles. The molecule has 0 radical (unpaired) electrons. The molecule has 1 aliphatic carbocycles. The van der Waals surface area contributed by atoms with Gasteiger partial charge in [0.05, 0.1) is 0 Å². The van der Waals surface area contributed by atoms with Crippen LogP contribution in [0.5, 0.6) is 0 Å². The molecule has 1 nitrogen and oxygen atoms in total. The van der Waals surface area contributed by atoms with Crippen LogP contribution in [0.25, 0.3) is 0 Å². The van der Waals surface area contributed by atoms with Crippen LogP contribution >= 0.6 is 0 Å². The molecule has 0 aromatic heterocycles. The molecule has 0 atom stereocenters. The van der Waals surface area contributed by atoms with Crippen LogP contribution in [0.15, 0.2) is 16.3 Å². The molecule has 0 amide bonds. The summed E-state index contributed by atoms with van der Waals surface area (Å²) in [5, 5.41) is 0. The molecule has 0 saturated heterocycles. The summed E-state index contributed by atoms with van der Waals surface area (Å²) in [5.41, 5.74) is 2.89. The molecule has 0 aromatic rings. The van der Waals surface area contributed by atoms with Gasteiger partial charge in [0.15, 0.2) is 0 Å². The van der Waals surface area contributed by atoms with Gasteiger partial charge in [-0.15, -0.1) is 0 Å². The Hall–Kier alpha value is -0.590. The summed E-state index contributed by atoms with van der Waals surface area (Å²) in [7, 11) is 0. The zero-order chi connectivity index (χ0) is 4.69. The van der Waals surface area contributed by atoms with E-state index in [0.29, 0.717) is 0 Å². The van der Waals surface area contributed by atoms with Crippen molar-refractivity contribution < 1.29 is 0 Å². The van der Waals surface area contributed by atoms with Crippen molar-refractivity contribution in [3.8, 4) is 0 Å². The molecule has 2 aliphatic rings. The lowest BCUT2D eigenvalue weighted by atomic mass is 10.2. The van der Waals surface area contributed by atoms with Crippen LogP contribution in [0.1, 0.15) is 19.3 Å². The van der Waals surface area contributed by atoms with Gasteiger partial charge in [-0.1, -0.05) is 0 Å². The summed E-state index contributed by atoms with van der Waals surface area (Å²) >= 11 is 0. The highest BCUT2D eigenvalue weighted by Crippen LogP contribution is 2.30. The number of rotatable bonds is 0. The van der Waals surface area contributed by atoms with Crippen molar-refractivity contribution >= 4 is 6.21 Å². The van der Waals surface area contributed by atoms with Crippen LogP contribution in [0.2, 0.25) is 0 Å². The Morgan fingerprint density at radius 2 is 2.43 bits per heavy atom. The first-order chi connectivity index (χ1) is 3.47. The van der Waals surface area contributed by atoms with Gasteiger partial charge in [-0.05, 0) is 24.8 Å². The van der Waals surface area contributed by atoms with Crippen molar-refractivity contribution in [1.29, 1.82) is 0 Å².